The van der Waals surface area contributed by atoms with Crippen molar-refractivity contribution in [3.63, 3.8) is 0 Å². The van der Waals surface area contributed by atoms with Crippen LogP contribution >= 0.6 is 0 Å². The fourth-order valence-corrected chi connectivity index (χ4v) is 5.45. The fraction of sp³-hybridized carbons (Fsp3) is 0.458. The molecule has 4 aromatic rings. The first kappa shape index (κ1) is 19.3. The van der Waals surface area contributed by atoms with E-state index in [1.165, 1.54) is 0 Å². The van der Waals surface area contributed by atoms with Crippen molar-refractivity contribution in [3.8, 4) is 11.4 Å². The Hall–Kier alpha value is -3.17. The molecule has 1 aromatic carbocycles. The van der Waals surface area contributed by atoms with Crippen LogP contribution < -0.4 is 9.80 Å². The Bertz CT molecular complexity index is 1320. The van der Waals surface area contributed by atoms with Gasteiger partial charge in [0.1, 0.15) is 5.82 Å². The number of benzene rings is 1. The first-order chi connectivity index (χ1) is 16.2. The van der Waals surface area contributed by atoms with Gasteiger partial charge in [0, 0.05) is 42.3 Å². The molecule has 0 spiro atoms. The molecule has 0 aliphatic carbocycles. The number of imidazole rings is 1. The van der Waals surface area contributed by atoms with Crippen molar-refractivity contribution in [2.45, 2.75) is 38.0 Å². The number of fused-ring (bicyclic) bond motifs is 4. The quantitative estimate of drug-likeness (QED) is 0.500. The number of morpholine rings is 2. The molecule has 0 saturated carbocycles. The SMILES string of the molecule is C[C@H]1COCCN1c1nc(N2CC3CCC(C2)O3)nc2[nH]c(-c3cccc4[nH]ccc34)nc12. The number of rotatable bonds is 3. The maximum Gasteiger partial charge on any atom is 0.229 e. The highest BCUT2D eigenvalue weighted by Gasteiger charge is 2.36. The second kappa shape index (κ2) is 7.43. The van der Waals surface area contributed by atoms with Gasteiger partial charge in [-0.05, 0) is 31.9 Å². The van der Waals surface area contributed by atoms with Gasteiger partial charge in [0.05, 0.1) is 31.5 Å². The van der Waals surface area contributed by atoms with Crippen LogP contribution in [0, 0.1) is 0 Å². The lowest BCUT2D eigenvalue weighted by atomic mass is 10.1. The van der Waals surface area contributed by atoms with E-state index in [1.807, 2.05) is 12.3 Å². The van der Waals surface area contributed by atoms with E-state index >= 15 is 0 Å². The van der Waals surface area contributed by atoms with Gasteiger partial charge in [0.2, 0.25) is 5.95 Å². The Morgan fingerprint density at radius 3 is 2.79 bits per heavy atom. The molecule has 9 heteroatoms. The number of hydrogen-bond donors (Lipinski definition) is 2. The first-order valence-corrected chi connectivity index (χ1v) is 11.8. The molecule has 0 radical (unpaired) electrons. The van der Waals surface area contributed by atoms with Crippen molar-refractivity contribution in [1.29, 1.82) is 0 Å². The lowest BCUT2D eigenvalue weighted by Crippen LogP contribution is -2.45. The molecule has 9 nitrogen and oxygen atoms in total. The molecule has 3 aliphatic heterocycles. The summed E-state index contributed by atoms with van der Waals surface area (Å²) in [6.07, 6.45) is 4.74. The first-order valence-electron chi connectivity index (χ1n) is 11.8. The zero-order chi connectivity index (χ0) is 21.9. The van der Waals surface area contributed by atoms with Crippen LogP contribution in [0.2, 0.25) is 0 Å². The number of ether oxygens (including phenoxy) is 2. The van der Waals surface area contributed by atoms with Crippen molar-refractivity contribution in [3.05, 3.63) is 30.5 Å². The summed E-state index contributed by atoms with van der Waals surface area (Å²) in [4.78, 5) is 26.5. The molecule has 3 fully saturated rings. The number of anilines is 2. The van der Waals surface area contributed by atoms with Crippen LogP contribution in [0.4, 0.5) is 11.8 Å². The molecular formula is C24H27N7O2. The highest BCUT2D eigenvalue weighted by Crippen LogP contribution is 2.34. The largest absolute Gasteiger partial charge is 0.377 e. The average Bonchev–Trinajstić information content (AvgIpc) is 3.56. The smallest absolute Gasteiger partial charge is 0.229 e. The van der Waals surface area contributed by atoms with Gasteiger partial charge in [-0.2, -0.15) is 9.97 Å². The number of aromatic amines is 2. The molecule has 0 amide bonds. The Kier molecular flexibility index (Phi) is 4.35. The van der Waals surface area contributed by atoms with E-state index in [-0.39, 0.29) is 18.2 Å². The summed E-state index contributed by atoms with van der Waals surface area (Å²) in [5, 5.41) is 1.13. The molecule has 3 aromatic heterocycles. The molecular weight excluding hydrogens is 418 g/mol. The van der Waals surface area contributed by atoms with E-state index in [0.29, 0.717) is 13.2 Å². The van der Waals surface area contributed by atoms with Crippen LogP contribution in [-0.2, 0) is 9.47 Å². The number of hydrogen-bond acceptors (Lipinski definition) is 7. The third-order valence-electron chi connectivity index (χ3n) is 7.13. The topological polar surface area (TPSA) is 95.2 Å². The molecule has 170 valence electrons. The molecule has 3 aliphatic rings. The summed E-state index contributed by atoms with van der Waals surface area (Å²) < 4.78 is 11.7. The Labute approximate surface area is 191 Å². The van der Waals surface area contributed by atoms with Crippen LogP contribution in [0.5, 0.6) is 0 Å². The molecule has 2 N–H and O–H groups in total. The van der Waals surface area contributed by atoms with Crippen LogP contribution in [0.25, 0.3) is 33.5 Å². The minimum atomic E-state index is 0.221. The molecule has 7 rings (SSSR count). The zero-order valence-corrected chi connectivity index (χ0v) is 18.6. The Morgan fingerprint density at radius 2 is 1.94 bits per heavy atom. The van der Waals surface area contributed by atoms with E-state index < -0.39 is 0 Å². The van der Waals surface area contributed by atoms with E-state index in [2.05, 4.69) is 44.9 Å². The minimum absolute atomic E-state index is 0.221. The normalized spacial score (nSPS) is 25.4. The van der Waals surface area contributed by atoms with E-state index in [4.69, 9.17) is 24.4 Å². The van der Waals surface area contributed by atoms with Gasteiger partial charge in [0.25, 0.3) is 0 Å². The summed E-state index contributed by atoms with van der Waals surface area (Å²) in [5.41, 5.74) is 3.73. The molecule has 2 bridgehead atoms. The van der Waals surface area contributed by atoms with E-state index in [9.17, 15) is 0 Å². The third-order valence-corrected chi connectivity index (χ3v) is 7.13. The lowest BCUT2D eigenvalue weighted by Gasteiger charge is -2.36. The second-order valence-corrected chi connectivity index (χ2v) is 9.35. The van der Waals surface area contributed by atoms with Crippen LogP contribution in [0.1, 0.15) is 19.8 Å². The van der Waals surface area contributed by atoms with Crippen molar-refractivity contribution in [1.82, 2.24) is 24.9 Å². The predicted molar refractivity (Wildman–Crippen MR) is 127 cm³/mol. The molecule has 3 saturated heterocycles. The summed E-state index contributed by atoms with van der Waals surface area (Å²) in [6.45, 7) is 6.01. The number of nitrogens with zero attached hydrogens (tertiary/aromatic N) is 5. The predicted octanol–water partition coefficient (Wildman–Crippen LogP) is 3.09. The maximum absolute atomic E-state index is 6.05. The van der Waals surface area contributed by atoms with Crippen molar-refractivity contribution < 1.29 is 9.47 Å². The minimum Gasteiger partial charge on any atom is -0.377 e. The number of aromatic nitrogens is 5. The lowest BCUT2D eigenvalue weighted by molar-refractivity contribution is 0.0299. The van der Waals surface area contributed by atoms with Gasteiger partial charge in [0.15, 0.2) is 17.0 Å². The van der Waals surface area contributed by atoms with Gasteiger partial charge >= 0.3 is 0 Å². The van der Waals surface area contributed by atoms with Crippen LogP contribution in [-0.4, -0.2) is 76.0 Å². The van der Waals surface area contributed by atoms with E-state index in [1.54, 1.807) is 0 Å². The Morgan fingerprint density at radius 1 is 1.06 bits per heavy atom. The van der Waals surface area contributed by atoms with Gasteiger partial charge in [-0.25, -0.2) is 4.98 Å². The summed E-state index contributed by atoms with van der Waals surface area (Å²) in [5.74, 6) is 2.45. The summed E-state index contributed by atoms with van der Waals surface area (Å²) in [7, 11) is 0. The number of H-pyrrole nitrogens is 2. The van der Waals surface area contributed by atoms with Crippen molar-refractivity contribution in [2.24, 2.45) is 0 Å². The molecule has 33 heavy (non-hydrogen) atoms. The third kappa shape index (κ3) is 3.18. The highest BCUT2D eigenvalue weighted by molar-refractivity contribution is 5.96. The van der Waals surface area contributed by atoms with Crippen LogP contribution in [0.15, 0.2) is 30.5 Å². The maximum atomic E-state index is 6.05. The standard InChI is InChI=1S/C24H27N7O2/c1-14-13-32-10-9-31(14)23-20-22(28-24(29-23)30-11-15-5-6-16(12-30)33-15)27-21(26-20)18-3-2-4-19-17(18)7-8-25-19/h2-4,7-8,14-16,25H,5-6,9-13H2,1H3,(H,26,27,28,29)/t14-,15?,16?/m0/s1. The fourth-order valence-electron chi connectivity index (χ4n) is 5.45. The van der Waals surface area contributed by atoms with Gasteiger partial charge in [-0.1, -0.05) is 12.1 Å². The molecule has 3 atom stereocenters. The molecule has 6 heterocycles. The van der Waals surface area contributed by atoms with Gasteiger partial charge in [-0.15, -0.1) is 0 Å². The zero-order valence-electron chi connectivity index (χ0n) is 18.6. The van der Waals surface area contributed by atoms with Gasteiger partial charge in [-0.3, -0.25) is 0 Å². The summed E-state index contributed by atoms with van der Waals surface area (Å²) >= 11 is 0. The monoisotopic (exact) mass is 445 g/mol. The van der Waals surface area contributed by atoms with Gasteiger partial charge < -0.3 is 29.2 Å². The van der Waals surface area contributed by atoms with Crippen LogP contribution in [0.3, 0.4) is 0 Å². The number of nitrogens with one attached hydrogen (secondary N) is 2. The molecule has 2 unspecified atom stereocenters. The van der Waals surface area contributed by atoms with Crippen molar-refractivity contribution in [2.75, 3.05) is 42.6 Å². The Balaban J connectivity index is 1.38. The summed E-state index contributed by atoms with van der Waals surface area (Å²) in [6, 6.07) is 8.53. The highest BCUT2D eigenvalue weighted by atomic mass is 16.5. The second-order valence-electron chi connectivity index (χ2n) is 9.35. The van der Waals surface area contributed by atoms with E-state index in [0.717, 1.165) is 77.7 Å². The average molecular weight is 446 g/mol. The van der Waals surface area contributed by atoms with Crippen molar-refractivity contribution >= 4 is 33.8 Å².